The zero-order valence-electron chi connectivity index (χ0n) is 33.7. The van der Waals surface area contributed by atoms with Crippen molar-refractivity contribution in [3.8, 4) is 0 Å². The Bertz CT molecular complexity index is 2440. The van der Waals surface area contributed by atoms with Gasteiger partial charge in [0, 0.05) is 106 Å². The number of fused-ring (bicyclic) bond motifs is 6. The van der Waals surface area contributed by atoms with Crippen LogP contribution in [0.15, 0.2) is 83.1 Å². The average Bonchev–Trinajstić information content (AvgIpc) is 3.64. The Labute approximate surface area is 335 Å². The monoisotopic (exact) mass is 788 g/mol. The van der Waals surface area contributed by atoms with Crippen molar-refractivity contribution >= 4 is 78.3 Å². The molecule has 0 saturated carbocycles. The number of hydrogen-bond acceptors (Lipinski definition) is 10. The highest BCUT2D eigenvalue weighted by atomic mass is 16.7. The quantitative estimate of drug-likeness (QED) is 0.0288. The number of aromatic nitrogens is 2. The summed E-state index contributed by atoms with van der Waals surface area (Å²) in [6.07, 6.45) is 4.12. The fourth-order valence-electron chi connectivity index (χ4n) is 7.56. The highest BCUT2D eigenvalue weighted by Crippen LogP contribution is 2.35. The molecule has 0 fully saturated rings. The number of hydrogen-bond donors (Lipinski definition) is 0. The number of nitro groups is 2. The number of carbonyl (C=O) groups is 2. The summed E-state index contributed by atoms with van der Waals surface area (Å²) >= 11 is 0. The van der Waals surface area contributed by atoms with Crippen molar-refractivity contribution in [3.63, 3.8) is 0 Å². The highest BCUT2D eigenvalue weighted by molar-refractivity contribution is 6.13. The first-order valence-corrected chi connectivity index (χ1v) is 19.6. The number of rotatable bonds is 17. The summed E-state index contributed by atoms with van der Waals surface area (Å²) in [7, 11) is 0. The standard InChI is InChI=1S/C44H48N6O8/c1-27(2)25-47-41-17-13-31(21-35(41)37-23-33(49(53)54)15-19-43(37)47)39(45-57-29(5)51)11-9-7-8-10-12-40(46-58-30(6)52)32-14-18-42-36(22-32)38-24-34(50(55)56)16-20-44(38)48(42)26-28(3)4/h13-24,27-28H,7-12,25-26H2,1-6H3/b45-39+,46-40+. The van der Waals surface area contributed by atoms with Gasteiger partial charge in [0.1, 0.15) is 0 Å². The van der Waals surface area contributed by atoms with Crippen LogP contribution in [0.25, 0.3) is 43.6 Å². The molecule has 6 rings (SSSR count). The number of non-ortho nitro benzene ring substituents is 2. The number of nitrogens with zero attached hydrogens (tertiary/aromatic N) is 6. The van der Waals surface area contributed by atoms with Gasteiger partial charge in [0.2, 0.25) is 0 Å². The Morgan fingerprint density at radius 3 is 1.24 bits per heavy atom. The molecule has 0 unspecified atom stereocenters. The van der Waals surface area contributed by atoms with E-state index in [0.717, 1.165) is 93.5 Å². The fraction of sp³-hybridized carbons (Fsp3) is 0.364. The van der Waals surface area contributed by atoms with E-state index in [1.807, 2.05) is 36.4 Å². The van der Waals surface area contributed by atoms with Crippen molar-refractivity contribution in [1.29, 1.82) is 0 Å². The second-order valence-corrected chi connectivity index (χ2v) is 15.5. The third-order valence-corrected chi connectivity index (χ3v) is 10.0. The van der Waals surface area contributed by atoms with E-state index in [-0.39, 0.29) is 11.4 Å². The summed E-state index contributed by atoms with van der Waals surface area (Å²) in [5.74, 6) is -0.390. The summed E-state index contributed by atoms with van der Waals surface area (Å²) in [5, 5.41) is 35.1. The van der Waals surface area contributed by atoms with Crippen molar-refractivity contribution in [3.05, 3.63) is 104 Å². The molecule has 0 spiro atoms. The predicted molar refractivity (Wildman–Crippen MR) is 226 cm³/mol. The molecule has 14 nitrogen and oxygen atoms in total. The Hall–Kier alpha value is -6.44. The summed E-state index contributed by atoms with van der Waals surface area (Å²) in [4.78, 5) is 56.5. The molecular weight excluding hydrogens is 741 g/mol. The van der Waals surface area contributed by atoms with Crippen molar-refractivity contribution in [2.75, 3.05) is 0 Å². The first kappa shape index (κ1) is 41.2. The second-order valence-electron chi connectivity index (χ2n) is 15.5. The van der Waals surface area contributed by atoms with E-state index in [1.165, 1.54) is 26.0 Å². The van der Waals surface area contributed by atoms with Gasteiger partial charge < -0.3 is 18.8 Å². The Kier molecular flexibility index (Phi) is 12.6. The minimum absolute atomic E-state index is 0.0115. The van der Waals surface area contributed by atoms with Crippen molar-refractivity contribution in [2.45, 2.75) is 93.2 Å². The van der Waals surface area contributed by atoms with Crippen LogP contribution in [-0.2, 0) is 32.4 Å². The average molecular weight is 789 g/mol. The van der Waals surface area contributed by atoms with E-state index in [2.05, 4.69) is 47.1 Å². The van der Waals surface area contributed by atoms with E-state index < -0.39 is 21.8 Å². The van der Waals surface area contributed by atoms with Crippen LogP contribution in [0.4, 0.5) is 11.4 Å². The number of carbonyl (C=O) groups excluding carboxylic acids is 2. The summed E-state index contributed by atoms with van der Waals surface area (Å²) in [5.41, 5.74) is 6.44. The zero-order chi connectivity index (χ0) is 41.7. The van der Waals surface area contributed by atoms with Gasteiger partial charge in [-0.15, -0.1) is 0 Å². The van der Waals surface area contributed by atoms with Crippen molar-refractivity contribution < 1.29 is 29.1 Å². The van der Waals surface area contributed by atoms with Crippen molar-refractivity contribution in [2.24, 2.45) is 22.1 Å². The maximum Gasteiger partial charge on any atom is 0.331 e. The van der Waals surface area contributed by atoms with Gasteiger partial charge in [-0.2, -0.15) is 0 Å². The van der Waals surface area contributed by atoms with Gasteiger partial charge in [0.05, 0.1) is 21.3 Å². The van der Waals surface area contributed by atoms with E-state index in [4.69, 9.17) is 9.68 Å². The Morgan fingerprint density at radius 2 is 0.914 bits per heavy atom. The second kappa shape index (κ2) is 17.8. The highest BCUT2D eigenvalue weighted by Gasteiger charge is 2.20. The van der Waals surface area contributed by atoms with Gasteiger partial charge in [-0.3, -0.25) is 20.2 Å². The first-order valence-electron chi connectivity index (χ1n) is 19.6. The number of benzene rings is 4. The molecule has 0 aliphatic rings. The molecule has 0 N–H and O–H groups in total. The fourth-order valence-corrected chi connectivity index (χ4v) is 7.56. The van der Waals surface area contributed by atoms with Crippen molar-refractivity contribution in [1.82, 2.24) is 9.13 Å². The maximum atomic E-state index is 11.8. The molecule has 0 amide bonds. The third-order valence-electron chi connectivity index (χ3n) is 10.0. The van der Waals surface area contributed by atoms with Gasteiger partial charge in [-0.1, -0.05) is 63.0 Å². The van der Waals surface area contributed by atoms with Gasteiger partial charge >= 0.3 is 11.9 Å². The maximum absolute atomic E-state index is 11.8. The van der Waals surface area contributed by atoms with Gasteiger partial charge in [-0.25, -0.2) is 9.59 Å². The summed E-state index contributed by atoms with van der Waals surface area (Å²) < 4.78 is 4.36. The van der Waals surface area contributed by atoms with Crippen LogP contribution in [0.1, 0.15) is 91.2 Å². The molecule has 6 aromatic rings. The molecule has 0 aliphatic heterocycles. The van der Waals surface area contributed by atoms with Crippen LogP contribution in [0, 0.1) is 32.1 Å². The summed E-state index contributed by atoms with van der Waals surface area (Å²) in [6, 6.07) is 21.7. The van der Waals surface area contributed by atoms with Gasteiger partial charge in [0.25, 0.3) is 11.4 Å². The lowest BCUT2D eigenvalue weighted by atomic mass is 9.99. The van der Waals surface area contributed by atoms with Gasteiger partial charge in [0.15, 0.2) is 0 Å². The Balaban J connectivity index is 1.20. The van der Waals surface area contributed by atoms with E-state index in [1.54, 1.807) is 24.3 Å². The van der Waals surface area contributed by atoms with E-state index in [9.17, 15) is 29.8 Å². The minimum Gasteiger partial charge on any atom is -0.340 e. The molecule has 0 radical (unpaired) electrons. The summed E-state index contributed by atoms with van der Waals surface area (Å²) in [6.45, 7) is 12.6. The molecule has 0 saturated heterocycles. The molecule has 58 heavy (non-hydrogen) atoms. The van der Waals surface area contributed by atoms with Crippen LogP contribution in [0.3, 0.4) is 0 Å². The molecular formula is C44H48N6O8. The molecule has 302 valence electrons. The SMILES string of the molecule is CC(=O)O/N=C(\CCCCCC/C(=N\OC(C)=O)c1ccc2c(c1)c1cc([N+](=O)[O-])ccc1n2CC(C)C)c1ccc2c(c1)c1cc([N+](=O)[O-])ccc1n2CC(C)C. The van der Waals surface area contributed by atoms with Gasteiger partial charge in [-0.05, 0) is 73.9 Å². The predicted octanol–water partition coefficient (Wildman–Crippen LogP) is 10.6. The van der Waals surface area contributed by atoms with E-state index >= 15 is 0 Å². The minimum atomic E-state index is -0.539. The van der Waals surface area contributed by atoms with Crippen LogP contribution < -0.4 is 0 Å². The molecule has 0 atom stereocenters. The zero-order valence-corrected chi connectivity index (χ0v) is 33.7. The lowest BCUT2D eigenvalue weighted by molar-refractivity contribution is -0.384. The number of oxime groups is 2. The topological polar surface area (TPSA) is 173 Å². The molecule has 0 bridgehead atoms. The lowest BCUT2D eigenvalue weighted by Crippen LogP contribution is -2.06. The number of nitro benzene ring substituents is 2. The third kappa shape index (κ3) is 9.22. The van der Waals surface area contributed by atoms with E-state index in [0.29, 0.717) is 36.1 Å². The molecule has 14 heteroatoms. The van der Waals surface area contributed by atoms with Crippen LogP contribution in [-0.4, -0.2) is 42.3 Å². The van der Waals surface area contributed by atoms with Crippen LogP contribution in [0.5, 0.6) is 0 Å². The van der Waals surface area contributed by atoms with Crippen LogP contribution >= 0.6 is 0 Å². The van der Waals surface area contributed by atoms with Crippen LogP contribution in [0.2, 0.25) is 0 Å². The molecule has 2 heterocycles. The lowest BCUT2D eigenvalue weighted by Gasteiger charge is -2.11. The molecule has 0 aliphatic carbocycles. The largest absolute Gasteiger partial charge is 0.340 e. The molecule has 2 aromatic heterocycles. The first-order chi connectivity index (χ1) is 27.7. The smallest absolute Gasteiger partial charge is 0.331 e. The normalized spacial score (nSPS) is 12.4. The Morgan fingerprint density at radius 1 is 0.569 bits per heavy atom. The molecule has 4 aromatic carbocycles. The number of unbranched alkanes of at least 4 members (excludes halogenated alkanes) is 3.